The van der Waals surface area contributed by atoms with Crippen LogP contribution in [0.5, 0.6) is 0 Å². The number of hydrogen-bond acceptors (Lipinski definition) is 6. The van der Waals surface area contributed by atoms with Crippen molar-refractivity contribution in [2.24, 2.45) is 11.4 Å². The summed E-state index contributed by atoms with van der Waals surface area (Å²) < 4.78 is 72.9. The smallest absolute Gasteiger partial charge is 0.321 e. The lowest BCUT2D eigenvalue weighted by Crippen LogP contribution is -2.28. The fourth-order valence-electron chi connectivity index (χ4n) is 3.76. The molecule has 1 fully saturated rings. The number of fused-ring (bicyclic) bond motifs is 1. The summed E-state index contributed by atoms with van der Waals surface area (Å²) in [6.45, 7) is 2.74. The molecule has 1 aliphatic rings. The number of rotatable bonds is 6. The average molecular weight is 516 g/mol. The zero-order valence-corrected chi connectivity index (χ0v) is 20.7. The molecule has 1 atom stereocenters. The van der Waals surface area contributed by atoms with E-state index in [-0.39, 0.29) is 50.4 Å². The third-order valence-electron chi connectivity index (χ3n) is 5.76. The second kappa shape index (κ2) is 8.59. The number of nitrogens with zero attached hydrogens (tertiary/aromatic N) is 5. The highest BCUT2D eigenvalue weighted by Crippen LogP contribution is 2.34. The standard InChI is InChI=1S/C21H24F3N5O3S2/c1-5-29-15(21(22,23)24)11-13-18(20(29)30)28(3)19(25-13)17-14(34(31,32)6-2)9-10-16(26-17)27-33(4)12-7-8-12/h9-12H,5-8H2,1-4H3. The Labute approximate surface area is 196 Å². The molecule has 0 bridgehead atoms. The SMILES string of the molecule is CCn1c(C(F)(F)F)cc2nc(-c3nc(N=S(C)C4CC4)ccc3S(=O)(=O)CC)n(C)c2c1=O. The van der Waals surface area contributed by atoms with Crippen LogP contribution in [0.4, 0.5) is 19.0 Å². The summed E-state index contributed by atoms with van der Waals surface area (Å²) in [4.78, 5) is 21.6. The van der Waals surface area contributed by atoms with Gasteiger partial charge in [-0.2, -0.15) is 13.2 Å². The Bertz CT molecular complexity index is 1490. The Morgan fingerprint density at radius 2 is 1.88 bits per heavy atom. The first kappa shape index (κ1) is 24.6. The molecule has 3 aromatic heterocycles. The van der Waals surface area contributed by atoms with E-state index in [4.69, 9.17) is 0 Å². The normalized spacial score (nSPS) is 15.9. The lowest BCUT2D eigenvalue weighted by molar-refractivity contribution is -0.144. The Morgan fingerprint density at radius 3 is 2.44 bits per heavy atom. The summed E-state index contributed by atoms with van der Waals surface area (Å²) in [5.74, 6) is 0.0979. The minimum atomic E-state index is -4.76. The fourth-order valence-corrected chi connectivity index (χ4v) is 6.15. The van der Waals surface area contributed by atoms with Crippen molar-refractivity contribution in [2.75, 3.05) is 12.0 Å². The Hall–Kier alpha value is -2.54. The maximum absolute atomic E-state index is 13.6. The van der Waals surface area contributed by atoms with E-state index in [2.05, 4.69) is 14.3 Å². The summed E-state index contributed by atoms with van der Waals surface area (Å²) in [7, 11) is -2.58. The van der Waals surface area contributed by atoms with Crippen LogP contribution in [-0.4, -0.2) is 44.8 Å². The number of pyridine rings is 2. The lowest BCUT2D eigenvalue weighted by Gasteiger charge is -2.14. The highest BCUT2D eigenvalue weighted by molar-refractivity contribution is 7.91. The van der Waals surface area contributed by atoms with Gasteiger partial charge in [0.1, 0.15) is 16.9 Å². The summed E-state index contributed by atoms with van der Waals surface area (Å²) >= 11 is 0. The first-order chi connectivity index (χ1) is 15.9. The summed E-state index contributed by atoms with van der Waals surface area (Å²) in [5, 5.41) is 0.480. The first-order valence-corrected chi connectivity index (χ1v) is 14.0. The number of aromatic nitrogens is 4. The summed E-state index contributed by atoms with van der Waals surface area (Å²) in [6, 6.07) is 3.73. The van der Waals surface area contributed by atoms with E-state index in [0.717, 1.165) is 18.9 Å². The van der Waals surface area contributed by atoms with Gasteiger partial charge in [-0.15, -0.1) is 0 Å². The van der Waals surface area contributed by atoms with Crippen molar-refractivity contribution in [3.63, 3.8) is 0 Å². The molecule has 184 valence electrons. The number of imidazole rings is 1. The maximum atomic E-state index is 13.6. The molecule has 3 heterocycles. The molecule has 1 unspecified atom stereocenters. The topological polar surface area (TPSA) is 99.2 Å². The van der Waals surface area contributed by atoms with E-state index in [1.165, 1.54) is 37.6 Å². The molecule has 1 saturated carbocycles. The van der Waals surface area contributed by atoms with Gasteiger partial charge in [0.25, 0.3) is 5.56 Å². The maximum Gasteiger partial charge on any atom is 0.431 e. The molecule has 0 spiro atoms. The van der Waals surface area contributed by atoms with E-state index in [9.17, 15) is 26.4 Å². The molecule has 13 heteroatoms. The molecule has 34 heavy (non-hydrogen) atoms. The van der Waals surface area contributed by atoms with Crippen molar-refractivity contribution in [1.82, 2.24) is 19.1 Å². The molecule has 8 nitrogen and oxygen atoms in total. The van der Waals surface area contributed by atoms with Gasteiger partial charge in [-0.05, 0) is 44.2 Å². The second-order valence-corrected chi connectivity index (χ2v) is 12.2. The third kappa shape index (κ3) is 4.30. The van der Waals surface area contributed by atoms with Crippen molar-refractivity contribution in [3.8, 4) is 11.5 Å². The molecular formula is C21H24F3N5O3S2. The van der Waals surface area contributed by atoms with Gasteiger partial charge in [0.15, 0.2) is 21.5 Å². The molecule has 0 N–H and O–H groups in total. The number of sulfone groups is 1. The van der Waals surface area contributed by atoms with Gasteiger partial charge in [-0.25, -0.2) is 22.7 Å². The van der Waals surface area contributed by atoms with Crippen molar-refractivity contribution in [2.45, 2.75) is 49.6 Å². The number of aryl methyl sites for hydroxylation is 1. The fraction of sp³-hybridized carbons (Fsp3) is 0.476. The molecule has 1 aliphatic carbocycles. The lowest BCUT2D eigenvalue weighted by atomic mass is 10.3. The monoisotopic (exact) mass is 515 g/mol. The summed E-state index contributed by atoms with van der Waals surface area (Å²) in [6.07, 6.45) is -0.617. The van der Waals surface area contributed by atoms with Gasteiger partial charge < -0.3 is 9.13 Å². The van der Waals surface area contributed by atoms with Crippen molar-refractivity contribution < 1.29 is 21.6 Å². The number of halogens is 3. The number of alkyl halides is 3. The Balaban J connectivity index is 2.02. The van der Waals surface area contributed by atoms with E-state index in [0.29, 0.717) is 15.6 Å². The molecule has 0 aromatic carbocycles. The molecule has 4 rings (SSSR count). The quantitative estimate of drug-likeness (QED) is 0.497. The molecule has 0 amide bonds. The van der Waals surface area contributed by atoms with Crippen molar-refractivity contribution in [1.29, 1.82) is 0 Å². The van der Waals surface area contributed by atoms with Crippen LogP contribution in [0.15, 0.2) is 32.3 Å². The van der Waals surface area contributed by atoms with Gasteiger partial charge in [0.05, 0.1) is 16.2 Å². The van der Waals surface area contributed by atoms with Crippen molar-refractivity contribution >= 4 is 37.4 Å². The van der Waals surface area contributed by atoms with E-state index >= 15 is 0 Å². The van der Waals surface area contributed by atoms with Crippen LogP contribution in [-0.2, 0) is 40.3 Å². The third-order valence-corrected chi connectivity index (χ3v) is 9.43. The van der Waals surface area contributed by atoms with Crippen LogP contribution in [0.3, 0.4) is 0 Å². The average Bonchev–Trinajstić information content (AvgIpc) is 3.56. The Kier molecular flexibility index (Phi) is 6.21. The van der Waals surface area contributed by atoms with Gasteiger partial charge >= 0.3 is 6.18 Å². The highest BCUT2D eigenvalue weighted by atomic mass is 32.2. The van der Waals surface area contributed by atoms with E-state index in [1.54, 1.807) is 0 Å². The predicted octanol–water partition coefficient (Wildman–Crippen LogP) is 3.85. The van der Waals surface area contributed by atoms with Crippen LogP contribution in [0, 0.1) is 0 Å². The van der Waals surface area contributed by atoms with Gasteiger partial charge in [-0.1, -0.05) is 17.6 Å². The van der Waals surface area contributed by atoms with E-state index < -0.39 is 27.3 Å². The minimum absolute atomic E-state index is 0.0134. The van der Waals surface area contributed by atoms with Crippen LogP contribution in [0.2, 0.25) is 0 Å². The molecule has 0 aliphatic heterocycles. The van der Waals surface area contributed by atoms with Crippen LogP contribution >= 0.6 is 0 Å². The van der Waals surface area contributed by atoms with Crippen LogP contribution in [0.1, 0.15) is 32.4 Å². The molecule has 0 radical (unpaired) electrons. The molecule has 3 aromatic rings. The first-order valence-electron chi connectivity index (χ1n) is 10.7. The minimum Gasteiger partial charge on any atom is -0.321 e. The number of hydrogen-bond donors (Lipinski definition) is 0. The van der Waals surface area contributed by atoms with Gasteiger partial charge in [-0.3, -0.25) is 4.79 Å². The zero-order valence-electron chi connectivity index (χ0n) is 19.0. The van der Waals surface area contributed by atoms with Crippen LogP contribution in [0.25, 0.3) is 22.6 Å². The Morgan fingerprint density at radius 1 is 1.21 bits per heavy atom. The van der Waals surface area contributed by atoms with Gasteiger partial charge in [0.2, 0.25) is 0 Å². The zero-order chi connectivity index (χ0) is 25.0. The second-order valence-electron chi connectivity index (χ2n) is 8.04. The molecular weight excluding hydrogens is 491 g/mol. The van der Waals surface area contributed by atoms with Crippen LogP contribution < -0.4 is 5.56 Å². The summed E-state index contributed by atoms with van der Waals surface area (Å²) in [5.41, 5.74) is -2.27. The predicted molar refractivity (Wildman–Crippen MR) is 125 cm³/mol. The van der Waals surface area contributed by atoms with Gasteiger partial charge in [0, 0.05) is 18.8 Å². The molecule has 0 saturated heterocycles. The van der Waals surface area contributed by atoms with Crippen molar-refractivity contribution in [3.05, 3.63) is 34.2 Å². The van der Waals surface area contributed by atoms with E-state index in [1.807, 2.05) is 6.26 Å². The highest BCUT2D eigenvalue weighted by Gasteiger charge is 2.36. The largest absolute Gasteiger partial charge is 0.431 e.